The van der Waals surface area contributed by atoms with Crippen LogP contribution in [0.3, 0.4) is 0 Å². The van der Waals surface area contributed by atoms with Crippen molar-refractivity contribution in [2.45, 2.75) is 24.7 Å². The summed E-state index contributed by atoms with van der Waals surface area (Å²) in [5.41, 5.74) is 0.953. The molecule has 3 aromatic rings. The molecule has 2 aromatic heterocycles. The fraction of sp³-hybridized carbons (Fsp3) is 0.318. The first-order valence-corrected chi connectivity index (χ1v) is 11.6. The molecule has 0 N–H and O–H groups in total. The molecule has 1 atom stereocenters. The summed E-state index contributed by atoms with van der Waals surface area (Å²) in [6.07, 6.45) is 1.72. The Balaban J connectivity index is 1.63. The van der Waals surface area contributed by atoms with E-state index >= 15 is 0 Å². The van der Waals surface area contributed by atoms with E-state index in [1.807, 2.05) is 48.2 Å². The normalized spacial score (nSPS) is 16.7. The van der Waals surface area contributed by atoms with Crippen LogP contribution in [0.5, 0.6) is 0 Å². The lowest BCUT2D eigenvalue weighted by atomic mass is 10.2. The van der Waals surface area contributed by atoms with Crippen molar-refractivity contribution in [3.63, 3.8) is 0 Å². The number of nitrogens with zero attached hydrogens (tertiary/aromatic N) is 3. The second-order valence-electron chi connectivity index (χ2n) is 7.10. The van der Waals surface area contributed by atoms with Gasteiger partial charge in [0.05, 0.1) is 23.8 Å². The molecule has 6 nitrogen and oxygen atoms in total. The van der Waals surface area contributed by atoms with Crippen LogP contribution in [0.15, 0.2) is 59.0 Å². The molecular formula is C22H23N3O3S2. The Kier molecular flexibility index (Phi) is 6.36. The Morgan fingerprint density at radius 1 is 1.40 bits per heavy atom. The highest BCUT2D eigenvalue weighted by molar-refractivity contribution is 7.99. The molecule has 1 unspecified atom stereocenters. The Morgan fingerprint density at radius 2 is 2.20 bits per heavy atom. The number of thioether (sulfide) groups is 1. The largest absolute Gasteiger partial charge is 0.375 e. The Morgan fingerprint density at radius 3 is 2.93 bits per heavy atom. The van der Waals surface area contributed by atoms with E-state index in [4.69, 9.17) is 9.72 Å². The molecule has 0 bridgehead atoms. The van der Waals surface area contributed by atoms with Gasteiger partial charge >= 0.3 is 0 Å². The molecule has 4 rings (SSSR count). The molecule has 8 heteroatoms. The van der Waals surface area contributed by atoms with E-state index in [0.717, 1.165) is 10.4 Å². The highest BCUT2D eigenvalue weighted by Crippen LogP contribution is 2.32. The van der Waals surface area contributed by atoms with Crippen LogP contribution in [-0.2, 0) is 16.1 Å². The van der Waals surface area contributed by atoms with Gasteiger partial charge in [-0.1, -0.05) is 48.2 Å². The minimum atomic E-state index is -0.103. The number of allylic oxidation sites excluding steroid dienone is 1. The van der Waals surface area contributed by atoms with E-state index in [1.54, 1.807) is 10.6 Å². The minimum Gasteiger partial charge on any atom is -0.375 e. The van der Waals surface area contributed by atoms with Crippen molar-refractivity contribution in [3.05, 3.63) is 59.4 Å². The molecule has 1 amide bonds. The fourth-order valence-corrected chi connectivity index (χ4v) is 5.39. The summed E-state index contributed by atoms with van der Waals surface area (Å²) in [6, 6.07) is 11.9. The van der Waals surface area contributed by atoms with Crippen molar-refractivity contribution in [1.82, 2.24) is 14.5 Å². The molecule has 0 saturated carbocycles. The highest BCUT2D eigenvalue weighted by atomic mass is 32.2. The first kappa shape index (κ1) is 20.8. The molecule has 30 heavy (non-hydrogen) atoms. The number of ether oxygens (including phenoxy) is 1. The lowest BCUT2D eigenvalue weighted by Crippen LogP contribution is -2.45. The number of benzene rings is 1. The van der Waals surface area contributed by atoms with Gasteiger partial charge in [-0.05, 0) is 18.6 Å². The summed E-state index contributed by atoms with van der Waals surface area (Å²) in [7, 11) is 0. The van der Waals surface area contributed by atoms with Crippen LogP contribution in [0.2, 0.25) is 0 Å². The number of hydrogen-bond acceptors (Lipinski definition) is 6. The summed E-state index contributed by atoms with van der Waals surface area (Å²) in [5, 5.41) is 1.14. The van der Waals surface area contributed by atoms with Gasteiger partial charge in [0.2, 0.25) is 5.91 Å². The van der Waals surface area contributed by atoms with Crippen LogP contribution in [-0.4, -0.2) is 51.9 Å². The molecule has 1 aliphatic heterocycles. The predicted octanol–water partition coefficient (Wildman–Crippen LogP) is 3.65. The number of amides is 1. The van der Waals surface area contributed by atoms with Crippen molar-refractivity contribution in [2.75, 3.05) is 25.4 Å². The zero-order valence-corrected chi connectivity index (χ0v) is 18.4. The minimum absolute atomic E-state index is 0.0332. The zero-order chi connectivity index (χ0) is 21.1. The number of aromatic nitrogens is 2. The van der Waals surface area contributed by atoms with Crippen molar-refractivity contribution in [2.24, 2.45) is 0 Å². The molecule has 0 aliphatic carbocycles. The van der Waals surface area contributed by atoms with Gasteiger partial charge in [0.1, 0.15) is 4.83 Å². The lowest BCUT2D eigenvalue weighted by molar-refractivity contribution is -0.135. The standard InChI is InChI=1S/C22H23N3O3S2/c1-3-9-25-21(27)17-12-18(16-7-5-4-6-8-16)30-20(17)23-22(25)29-14-19(26)24-10-11-28-15(2)13-24/h3-8,12,15H,1,9-11,13-14H2,2H3. The third-order valence-electron chi connectivity index (χ3n) is 4.90. The van der Waals surface area contributed by atoms with E-state index < -0.39 is 0 Å². The maximum absolute atomic E-state index is 13.1. The van der Waals surface area contributed by atoms with Gasteiger partial charge in [-0.3, -0.25) is 14.2 Å². The average Bonchev–Trinajstić information content (AvgIpc) is 3.19. The molecule has 156 valence electrons. The van der Waals surface area contributed by atoms with Gasteiger partial charge in [0.25, 0.3) is 5.56 Å². The van der Waals surface area contributed by atoms with Gasteiger partial charge in [-0.2, -0.15) is 0 Å². The van der Waals surface area contributed by atoms with E-state index in [0.29, 0.717) is 41.6 Å². The van der Waals surface area contributed by atoms with Crippen molar-refractivity contribution < 1.29 is 9.53 Å². The Bertz CT molecular complexity index is 1120. The van der Waals surface area contributed by atoms with E-state index in [9.17, 15) is 9.59 Å². The van der Waals surface area contributed by atoms with Crippen molar-refractivity contribution in [1.29, 1.82) is 0 Å². The van der Waals surface area contributed by atoms with Crippen molar-refractivity contribution in [3.8, 4) is 10.4 Å². The number of hydrogen-bond donors (Lipinski definition) is 0. The van der Waals surface area contributed by atoms with Crippen LogP contribution >= 0.6 is 23.1 Å². The van der Waals surface area contributed by atoms with E-state index in [1.165, 1.54) is 23.1 Å². The molecule has 1 fully saturated rings. The molecule has 1 aliphatic rings. The number of morpholine rings is 1. The molecule has 0 spiro atoms. The van der Waals surface area contributed by atoms with Gasteiger partial charge < -0.3 is 9.64 Å². The Labute approximate surface area is 183 Å². The number of carbonyl (C=O) groups is 1. The van der Waals surface area contributed by atoms with E-state index in [2.05, 4.69) is 6.58 Å². The maximum Gasteiger partial charge on any atom is 0.263 e. The Hall–Kier alpha value is -2.42. The number of rotatable bonds is 6. The van der Waals surface area contributed by atoms with Crippen LogP contribution in [0.1, 0.15) is 6.92 Å². The topological polar surface area (TPSA) is 64.4 Å². The summed E-state index contributed by atoms with van der Waals surface area (Å²) < 4.78 is 7.10. The fourth-order valence-electron chi connectivity index (χ4n) is 3.40. The predicted molar refractivity (Wildman–Crippen MR) is 122 cm³/mol. The van der Waals surface area contributed by atoms with Gasteiger partial charge in [-0.25, -0.2) is 4.98 Å². The van der Waals surface area contributed by atoms with Crippen molar-refractivity contribution >= 4 is 39.2 Å². The van der Waals surface area contributed by atoms with Crippen LogP contribution in [0, 0.1) is 0 Å². The third kappa shape index (κ3) is 4.35. The molecule has 0 radical (unpaired) electrons. The smallest absolute Gasteiger partial charge is 0.263 e. The summed E-state index contributed by atoms with van der Waals surface area (Å²) in [6.45, 7) is 7.83. The van der Waals surface area contributed by atoms with Crippen LogP contribution in [0.4, 0.5) is 0 Å². The first-order chi connectivity index (χ1) is 14.6. The van der Waals surface area contributed by atoms with Gasteiger partial charge in [0.15, 0.2) is 5.16 Å². The van der Waals surface area contributed by atoms with Crippen LogP contribution < -0.4 is 5.56 Å². The zero-order valence-electron chi connectivity index (χ0n) is 16.7. The first-order valence-electron chi connectivity index (χ1n) is 9.79. The number of fused-ring (bicyclic) bond motifs is 1. The summed E-state index contributed by atoms with van der Waals surface area (Å²) in [5.74, 6) is 0.268. The molecule has 1 aromatic carbocycles. The molecular weight excluding hydrogens is 418 g/mol. The number of thiophene rings is 1. The van der Waals surface area contributed by atoms with Gasteiger partial charge in [0, 0.05) is 24.5 Å². The molecule has 3 heterocycles. The van der Waals surface area contributed by atoms with Crippen LogP contribution in [0.25, 0.3) is 20.7 Å². The number of carbonyl (C=O) groups excluding carboxylic acids is 1. The quantitative estimate of drug-likeness (QED) is 0.332. The highest BCUT2D eigenvalue weighted by Gasteiger charge is 2.22. The summed E-state index contributed by atoms with van der Waals surface area (Å²) >= 11 is 2.80. The maximum atomic E-state index is 13.1. The summed E-state index contributed by atoms with van der Waals surface area (Å²) in [4.78, 5) is 34.0. The lowest BCUT2D eigenvalue weighted by Gasteiger charge is -2.31. The average molecular weight is 442 g/mol. The second kappa shape index (κ2) is 9.16. The van der Waals surface area contributed by atoms with Gasteiger partial charge in [-0.15, -0.1) is 17.9 Å². The SMILES string of the molecule is C=CCn1c(SCC(=O)N2CCOC(C)C2)nc2sc(-c3ccccc3)cc2c1=O. The van der Waals surface area contributed by atoms with E-state index in [-0.39, 0.29) is 23.3 Å². The second-order valence-corrected chi connectivity index (χ2v) is 9.08. The monoisotopic (exact) mass is 441 g/mol. The molecule has 1 saturated heterocycles. The third-order valence-corrected chi connectivity index (χ3v) is 6.94.